The van der Waals surface area contributed by atoms with Gasteiger partial charge < -0.3 is 24.8 Å². The Morgan fingerprint density at radius 2 is 1.86 bits per heavy atom. The molecular weight excluding hydrogens is 659 g/mol. The maximum absolute atomic E-state index is 14.1. The molecule has 3 heterocycles. The lowest BCUT2D eigenvalue weighted by molar-refractivity contribution is -0.198. The number of nitrogens with two attached hydrogens (primary N) is 1. The zero-order chi connectivity index (χ0) is 31.7. The smallest absolute Gasteiger partial charge is 0.429 e. The number of alkyl halides is 3. The first-order chi connectivity index (χ1) is 20.0. The van der Waals surface area contributed by atoms with Gasteiger partial charge in [0.1, 0.15) is 17.5 Å². The molecule has 2 fully saturated rings. The van der Waals surface area contributed by atoms with E-state index in [1.54, 1.807) is 27.7 Å². The number of rotatable bonds is 6. The Balaban J connectivity index is 1.52. The average Bonchev–Trinajstić information content (AvgIpc) is 3.27. The highest BCUT2D eigenvalue weighted by Crippen LogP contribution is 2.45. The van der Waals surface area contributed by atoms with Gasteiger partial charge in [-0.25, -0.2) is 9.59 Å². The highest BCUT2D eigenvalue weighted by molar-refractivity contribution is 9.10. The van der Waals surface area contributed by atoms with Gasteiger partial charge in [0.15, 0.2) is 0 Å². The van der Waals surface area contributed by atoms with E-state index < -0.39 is 36.0 Å². The minimum Gasteiger partial charge on any atom is -0.464 e. The van der Waals surface area contributed by atoms with Crippen LogP contribution in [0.5, 0.6) is 5.88 Å². The van der Waals surface area contributed by atoms with Crippen molar-refractivity contribution >= 4 is 51.4 Å². The molecule has 0 bridgehead atoms. The molecule has 1 amide bonds. The minimum atomic E-state index is -4.79. The Morgan fingerprint density at radius 1 is 1.19 bits per heavy atom. The number of carbonyl (C=O) groups excluding carboxylic acids is 2. The molecule has 4 rings (SSSR count). The number of aromatic nitrogens is 2. The summed E-state index contributed by atoms with van der Waals surface area (Å²) >= 11 is 9.10. The highest BCUT2D eigenvalue weighted by atomic mass is 79.9. The molecule has 0 saturated carbocycles. The number of hydrogen-bond donors (Lipinski definition) is 1. The summed E-state index contributed by atoms with van der Waals surface area (Å²) in [5.41, 5.74) is 4.55. The van der Waals surface area contributed by atoms with Crippen LogP contribution in [0.1, 0.15) is 58.6 Å². The predicted molar refractivity (Wildman–Crippen MR) is 157 cm³/mol. The molecule has 2 atom stereocenters. The van der Waals surface area contributed by atoms with Crippen LogP contribution in [0.3, 0.4) is 0 Å². The summed E-state index contributed by atoms with van der Waals surface area (Å²) in [5.74, 6) is -0.787. The third-order valence-corrected chi connectivity index (χ3v) is 8.28. The van der Waals surface area contributed by atoms with E-state index in [9.17, 15) is 22.8 Å². The standard InChI is InChI=1S/C28H34BrClF3N5O5/c1-5-41-23(39)19-14-27(15-38(19)25(40)43-26(2,3)4)8-10-37(11-9-27)20-13-21(36-24(34)35-20)42-22(28(31,32)33)17-12-16(30)6-7-18(17)29/h6-7,12-13,19,22H,5,8-11,14-15H2,1-4H3,(H2,34,35,36)/t19?,22-/m1/s1. The molecule has 1 spiro atoms. The Labute approximate surface area is 261 Å². The SMILES string of the molecule is CCOC(=O)C1CC2(CCN(c3cc(O[C@H](c4cc(Cl)ccc4Br)C(F)(F)F)nc(N)n3)CC2)CN1C(=O)OC(C)(C)C. The molecule has 2 aromatic rings. The average molecular weight is 693 g/mol. The maximum atomic E-state index is 14.1. The summed E-state index contributed by atoms with van der Waals surface area (Å²) in [5, 5.41) is 0.114. The third-order valence-electron chi connectivity index (χ3n) is 7.33. The van der Waals surface area contributed by atoms with Crippen molar-refractivity contribution in [1.82, 2.24) is 14.9 Å². The Hall–Kier alpha value is -3.00. The van der Waals surface area contributed by atoms with Gasteiger partial charge in [0.05, 0.1) is 6.61 Å². The lowest BCUT2D eigenvalue weighted by atomic mass is 9.76. The summed E-state index contributed by atoms with van der Waals surface area (Å²) in [6.07, 6.45) is -6.19. The van der Waals surface area contributed by atoms with Crippen LogP contribution in [0.15, 0.2) is 28.7 Å². The van der Waals surface area contributed by atoms with E-state index in [2.05, 4.69) is 25.9 Å². The monoisotopic (exact) mass is 691 g/mol. The summed E-state index contributed by atoms with van der Waals surface area (Å²) in [4.78, 5) is 37.3. The van der Waals surface area contributed by atoms with E-state index >= 15 is 0 Å². The van der Waals surface area contributed by atoms with E-state index in [0.717, 1.165) is 0 Å². The fourth-order valence-electron chi connectivity index (χ4n) is 5.39. The van der Waals surface area contributed by atoms with E-state index in [1.807, 2.05) is 4.90 Å². The van der Waals surface area contributed by atoms with E-state index in [0.29, 0.717) is 44.7 Å². The number of nitrogen functional groups attached to an aromatic ring is 1. The van der Waals surface area contributed by atoms with Gasteiger partial charge in [0.2, 0.25) is 17.9 Å². The number of anilines is 2. The fraction of sp³-hybridized carbons (Fsp3) is 0.571. The molecule has 43 heavy (non-hydrogen) atoms. The van der Waals surface area contributed by atoms with Crippen molar-refractivity contribution in [3.05, 3.63) is 39.3 Å². The van der Waals surface area contributed by atoms with E-state index in [1.165, 1.54) is 29.2 Å². The van der Waals surface area contributed by atoms with Crippen molar-refractivity contribution in [3.8, 4) is 5.88 Å². The number of benzene rings is 1. The molecule has 2 saturated heterocycles. The Kier molecular flexibility index (Phi) is 9.60. The van der Waals surface area contributed by atoms with Crippen LogP contribution < -0.4 is 15.4 Å². The molecular formula is C28H34BrClF3N5O5. The summed E-state index contributed by atoms with van der Waals surface area (Å²) in [6.45, 7) is 8.34. The molecule has 10 nitrogen and oxygen atoms in total. The van der Waals surface area contributed by atoms with Gasteiger partial charge in [-0.05, 0) is 70.6 Å². The second kappa shape index (κ2) is 12.5. The van der Waals surface area contributed by atoms with Crippen molar-refractivity contribution in [2.45, 2.75) is 70.9 Å². The fourth-order valence-corrected chi connectivity index (χ4v) is 6.02. The van der Waals surface area contributed by atoms with Gasteiger partial charge in [-0.15, -0.1) is 0 Å². The van der Waals surface area contributed by atoms with Gasteiger partial charge in [-0.1, -0.05) is 27.5 Å². The van der Waals surface area contributed by atoms with Crippen LogP contribution in [-0.2, 0) is 14.3 Å². The number of amides is 1. The number of piperidine rings is 1. The quantitative estimate of drug-likeness (QED) is 0.347. The van der Waals surface area contributed by atoms with Crippen molar-refractivity contribution in [2.75, 3.05) is 36.9 Å². The molecule has 0 radical (unpaired) electrons. The lowest BCUT2D eigenvalue weighted by Gasteiger charge is -2.39. The number of halogens is 5. The van der Waals surface area contributed by atoms with Crippen LogP contribution in [0.4, 0.5) is 29.7 Å². The summed E-state index contributed by atoms with van der Waals surface area (Å²) in [6, 6.07) is 4.57. The zero-order valence-corrected chi connectivity index (χ0v) is 26.6. The van der Waals surface area contributed by atoms with Gasteiger partial charge >= 0.3 is 18.2 Å². The van der Waals surface area contributed by atoms with Gasteiger partial charge in [0.25, 0.3) is 0 Å². The van der Waals surface area contributed by atoms with E-state index in [-0.39, 0.29) is 38.9 Å². The van der Waals surface area contributed by atoms with Gasteiger partial charge in [0, 0.05) is 40.8 Å². The van der Waals surface area contributed by atoms with Crippen molar-refractivity contribution in [3.63, 3.8) is 0 Å². The predicted octanol–water partition coefficient (Wildman–Crippen LogP) is 6.32. The number of carbonyl (C=O) groups is 2. The summed E-state index contributed by atoms with van der Waals surface area (Å²) < 4.78 is 58.7. The molecule has 1 unspecified atom stereocenters. The number of esters is 1. The number of hydrogen-bond acceptors (Lipinski definition) is 9. The molecule has 2 aliphatic heterocycles. The second-order valence-electron chi connectivity index (χ2n) is 11.7. The van der Waals surface area contributed by atoms with Crippen molar-refractivity contribution < 1.29 is 37.0 Å². The number of ether oxygens (including phenoxy) is 3. The zero-order valence-electron chi connectivity index (χ0n) is 24.2. The normalized spacial score (nSPS) is 19.3. The first-order valence-electron chi connectivity index (χ1n) is 13.7. The topological polar surface area (TPSA) is 120 Å². The molecule has 236 valence electrons. The van der Waals surface area contributed by atoms with Crippen LogP contribution >= 0.6 is 27.5 Å². The molecule has 1 aromatic carbocycles. The molecule has 2 aliphatic rings. The minimum absolute atomic E-state index is 0.114. The van der Waals surface area contributed by atoms with Crippen LogP contribution in [0.2, 0.25) is 5.02 Å². The third kappa shape index (κ3) is 7.94. The maximum Gasteiger partial charge on any atom is 0.429 e. The first kappa shape index (κ1) is 32.9. The summed E-state index contributed by atoms with van der Waals surface area (Å²) in [7, 11) is 0. The molecule has 0 aliphatic carbocycles. The van der Waals surface area contributed by atoms with Crippen LogP contribution in [0, 0.1) is 5.41 Å². The largest absolute Gasteiger partial charge is 0.464 e. The Morgan fingerprint density at radius 3 is 2.47 bits per heavy atom. The van der Waals surface area contributed by atoms with Crippen molar-refractivity contribution in [1.29, 1.82) is 0 Å². The molecule has 2 N–H and O–H groups in total. The van der Waals surface area contributed by atoms with Gasteiger partial charge in [-0.2, -0.15) is 23.1 Å². The molecule has 1 aromatic heterocycles. The van der Waals surface area contributed by atoms with Gasteiger partial charge in [-0.3, -0.25) is 4.90 Å². The first-order valence-corrected chi connectivity index (χ1v) is 14.9. The van der Waals surface area contributed by atoms with Crippen molar-refractivity contribution in [2.24, 2.45) is 5.41 Å². The Bertz CT molecular complexity index is 1350. The second-order valence-corrected chi connectivity index (χ2v) is 13.0. The van der Waals surface area contributed by atoms with E-state index in [4.69, 9.17) is 31.5 Å². The lowest BCUT2D eigenvalue weighted by Crippen LogP contribution is -2.45. The number of likely N-dealkylation sites (tertiary alicyclic amines) is 1. The van der Waals surface area contributed by atoms with Crippen LogP contribution in [0.25, 0.3) is 0 Å². The highest BCUT2D eigenvalue weighted by Gasteiger charge is 2.51. The molecule has 15 heteroatoms. The van der Waals surface area contributed by atoms with Crippen LogP contribution in [-0.4, -0.2) is 71.0 Å². The number of nitrogens with zero attached hydrogens (tertiary/aromatic N) is 4.